The quantitative estimate of drug-likeness (QED) is 0.343. The number of aliphatic imine (C=N–C) groups is 1. The number of guanidine groups is 1. The smallest absolute Gasteiger partial charge is 0.191 e. The number of hydrogen-bond acceptors (Lipinski definition) is 1. The molecule has 1 aliphatic carbocycles. The van der Waals surface area contributed by atoms with Crippen LogP contribution in [-0.2, 0) is 6.42 Å². The number of nitrogens with one attached hydrogen (secondary N) is 2. The Hall–Kier alpha value is -1.11. The molecule has 0 unspecified atom stereocenters. The van der Waals surface area contributed by atoms with Crippen molar-refractivity contribution in [2.45, 2.75) is 32.2 Å². The van der Waals surface area contributed by atoms with Crippen LogP contribution in [0.25, 0.3) is 0 Å². The maximum Gasteiger partial charge on any atom is 0.191 e. The molecule has 0 radical (unpaired) electrons. The van der Waals surface area contributed by atoms with Gasteiger partial charge in [-0.2, -0.15) is 0 Å². The summed E-state index contributed by atoms with van der Waals surface area (Å²) >= 11 is 0. The van der Waals surface area contributed by atoms with Crippen molar-refractivity contribution in [1.82, 2.24) is 10.6 Å². The molecule has 0 amide bonds. The largest absolute Gasteiger partial charge is 0.357 e. The lowest BCUT2D eigenvalue weighted by Gasteiger charge is -2.16. The lowest BCUT2D eigenvalue weighted by molar-refractivity contribution is 0.608. The standard InChI is InChI=1S/C16H22FN3.HI/c1-2-18-16(20-14-8-4-5-9-14)19-12-11-13-7-3-6-10-15(13)17;/h3-7,10,14H,2,8-9,11-12H2,1H3,(H2,18,19,20);1H. The third-order valence-electron chi connectivity index (χ3n) is 3.30. The van der Waals surface area contributed by atoms with E-state index in [2.05, 4.69) is 27.8 Å². The van der Waals surface area contributed by atoms with Crippen LogP contribution >= 0.6 is 24.0 Å². The highest BCUT2D eigenvalue weighted by Gasteiger charge is 2.11. The third-order valence-corrected chi connectivity index (χ3v) is 3.30. The van der Waals surface area contributed by atoms with Gasteiger partial charge in [0.05, 0.1) is 0 Å². The summed E-state index contributed by atoms with van der Waals surface area (Å²) in [5.41, 5.74) is 0.717. The highest BCUT2D eigenvalue weighted by molar-refractivity contribution is 14.0. The molecule has 2 rings (SSSR count). The molecule has 116 valence electrons. The van der Waals surface area contributed by atoms with Gasteiger partial charge in [-0.25, -0.2) is 4.39 Å². The predicted octanol–water partition coefficient (Wildman–Crippen LogP) is 3.26. The molecular weight excluding hydrogens is 380 g/mol. The summed E-state index contributed by atoms with van der Waals surface area (Å²) in [4.78, 5) is 4.51. The molecular formula is C16H23FIN3. The fraction of sp³-hybridized carbons (Fsp3) is 0.438. The summed E-state index contributed by atoms with van der Waals surface area (Å²) in [6, 6.07) is 7.30. The lowest BCUT2D eigenvalue weighted by Crippen LogP contribution is -2.42. The molecule has 1 aromatic rings. The molecule has 0 spiro atoms. The number of hydrogen-bond donors (Lipinski definition) is 2. The van der Waals surface area contributed by atoms with Crippen molar-refractivity contribution in [3.63, 3.8) is 0 Å². The molecule has 0 bridgehead atoms. The molecule has 21 heavy (non-hydrogen) atoms. The van der Waals surface area contributed by atoms with Gasteiger partial charge in [-0.05, 0) is 37.8 Å². The van der Waals surface area contributed by atoms with E-state index in [4.69, 9.17) is 0 Å². The summed E-state index contributed by atoms with van der Waals surface area (Å²) in [6.07, 6.45) is 7.06. The van der Waals surface area contributed by atoms with Gasteiger partial charge >= 0.3 is 0 Å². The first-order valence-corrected chi connectivity index (χ1v) is 7.23. The van der Waals surface area contributed by atoms with Crippen LogP contribution in [0.4, 0.5) is 4.39 Å². The average Bonchev–Trinajstić information content (AvgIpc) is 2.94. The van der Waals surface area contributed by atoms with Crippen LogP contribution in [0.5, 0.6) is 0 Å². The zero-order chi connectivity index (χ0) is 14.2. The molecule has 0 heterocycles. The Balaban J connectivity index is 0.00000220. The van der Waals surface area contributed by atoms with Crippen LogP contribution in [0.1, 0.15) is 25.3 Å². The molecule has 0 saturated carbocycles. The number of nitrogens with zero attached hydrogens (tertiary/aromatic N) is 1. The highest BCUT2D eigenvalue weighted by Crippen LogP contribution is 2.09. The molecule has 2 N–H and O–H groups in total. The van der Waals surface area contributed by atoms with E-state index in [9.17, 15) is 4.39 Å². The van der Waals surface area contributed by atoms with E-state index < -0.39 is 0 Å². The first kappa shape index (κ1) is 17.9. The van der Waals surface area contributed by atoms with Crippen molar-refractivity contribution in [1.29, 1.82) is 0 Å². The molecule has 1 aromatic carbocycles. The van der Waals surface area contributed by atoms with E-state index in [0.717, 1.165) is 30.9 Å². The monoisotopic (exact) mass is 403 g/mol. The Morgan fingerprint density at radius 1 is 1.29 bits per heavy atom. The van der Waals surface area contributed by atoms with Gasteiger partial charge in [0.2, 0.25) is 0 Å². The molecule has 5 heteroatoms. The minimum Gasteiger partial charge on any atom is -0.357 e. The van der Waals surface area contributed by atoms with Gasteiger partial charge in [0.25, 0.3) is 0 Å². The van der Waals surface area contributed by atoms with Gasteiger partial charge < -0.3 is 10.6 Å². The number of rotatable bonds is 5. The molecule has 1 aliphatic rings. The normalized spacial score (nSPS) is 14.9. The van der Waals surface area contributed by atoms with E-state index in [1.807, 2.05) is 19.1 Å². The second kappa shape index (κ2) is 9.76. The third kappa shape index (κ3) is 6.03. The Morgan fingerprint density at radius 2 is 2.00 bits per heavy atom. The van der Waals surface area contributed by atoms with E-state index >= 15 is 0 Å². The summed E-state index contributed by atoms with van der Waals surface area (Å²) < 4.78 is 13.5. The molecule has 0 fully saturated rings. The zero-order valence-electron chi connectivity index (χ0n) is 12.3. The van der Waals surface area contributed by atoms with Gasteiger partial charge in [-0.3, -0.25) is 4.99 Å². The zero-order valence-corrected chi connectivity index (χ0v) is 14.6. The van der Waals surface area contributed by atoms with Crippen molar-refractivity contribution < 1.29 is 4.39 Å². The van der Waals surface area contributed by atoms with Crippen LogP contribution < -0.4 is 10.6 Å². The topological polar surface area (TPSA) is 36.4 Å². The Labute approximate surface area is 143 Å². The second-order valence-corrected chi connectivity index (χ2v) is 4.89. The molecule has 0 aliphatic heterocycles. The summed E-state index contributed by atoms with van der Waals surface area (Å²) in [7, 11) is 0. The number of benzene rings is 1. The van der Waals surface area contributed by atoms with Crippen LogP contribution in [0.3, 0.4) is 0 Å². The summed E-state index contributed by atoms with van der Waals surface area (Å²) in [6.45, 7) is 3.45. The minimum absolute atomic E-state index is 0. The molecule has 0 saturated heterocycles. The van der Waals surface area contributed by atoms with Crippen LogP contribution in [0, 0.1) is 5.82 Å². The van der Waals surface area contributed by atoms with Gasteiger partial charge in [-0.1, -0.05) is 30.4 Å². The summed E-state index contributed by atoms with van der Waals surface area (Å²) in [5.74, 6) is 0.665. The Morgan fingerprint density at radius 3 is 2.67 bits per heavy atom. The van der Waals surface area contributed by atoms with Crippen molar-refractivity contribution in [3.8, 4) is 0 Å². The second-order valence-electron chi connectivity index (χ2n) is 4.89. The van der Waals surface area contributed by atoms with Crippen molar-refractivity contribution in [2.75, 3.05) is 13.1 Å². The lowest BCUT2D eigenvalue weighted by atomic mass is 10.1. The van der Waals surface area contributed by atoms with Gasteiger partial charge in [0.1, 0.15) is 5.82 Å². The SMILES string of the molecule is CCNC(=NCCc1ccccc1F)NC1CC=CC1.I. The fourth-order valence-corrected chi connectivity index (χ4v) is 2.24. The van der Waals surface area contributed by atoms with Crippen LogP contribution in [-0.4, -0.2) is 25.1 Å². The number of halogens is 2. The van der Waals surface area contributed by atoms with E-state index in [1.54, 1.807) is 6.07 Å². The first-order chi connectivity index (χ1) is 9.79. The molecule has 3 nitrogen and oxygen atoms in total. The van der Waals surface area contributed by atoms with E-state index in [1.165, 1.54) is 6.07 Å². The fourth-order valence-electron chi connectivity index (χ4n) is 2.24. The first-order valence-electron chi connectivity index (χ1n) is 7.23. The van der Waals surface area contributed by atoms with Gasteiger partial charge in [-0.15, -0.1) is 24.0 Å². The van der Waals surface area contributed by atoms with E-state index in [0.29, 0.717) is 19.0 Å². The Kier molecular flexibility index (Phi) is 8.34. The van der Waals surface area contributed by atoms with Crippen LogP contribution in [0.2, 0.25) is 0 Å². The van der Waals surface area contributed by atoms with Gasteiger partial charge in [0, 0.05) is 19.1 Å². The highest BCUT2D eigenvalue weighted by atomic mass is 127. The maximum absolute atomic E-state index is 13.5. The predicted molar refractivity (Wildman–Crippen MR) is 96.8 cm³/mol. The minimum atomic E-state index is -0.152. The molecule has 0 atom stereocenters. The summed E-state index contributed by atoms with van der Waals surface area (Å²) in [5, 5.41) is 6.63. The maximum atomic E-state index is 13.5. The van der Waals surface area contributed by atoms with E-state index in [-0.39, 0.29) is 29.8 Å². The Bertz CT molecular complexity index is 480. The average molecular weight is 403 g/mol. The van der Waals surface area contributed by atoms with Crippen molar-refractivity contribution >= 4 is 29.9 Å². The van der Waals surface area contributed by atoms with Crippen molar-refractivity contribution in [3.05, 3.63) is 47.8 Å². The van der Waals surface area contributed by atoms with Crippen molar-refractivity contribution in [2.24, 2.45) is 4.99 Å². The molecule has 0 aromatic heterocycles. The van der Waals surface area contributed by atoms with Gasteiger partial charge in [0.15, 0.2) is 5.96 Å². The van der Waals surface area contributed by atoms with Crippen LogP contribution in [0.15, 0.2) is 41.4 Å².